The number of nitrogens with one attached hydrogen (secondary N) is 1. The summed E-state index contributed by atoms with van der Waals surface area (Å²) in [5.41, 5.74) is 6.50. The fraction of sp³-hybridized carbons (Fsp3) is 0.444. The van der Waals surface area contributed by atoms with Gasteiger partial charge in [0.15, 0.2) is 11.5 Å². The normalized spacial score (nSPS) is 19.3. The summed E-state index contributed by atoms with van der Waals surface area (Å²) >= 11 is 0. The Labute approximate surface area is 147 Å². The molecule has 25 heavy (non-hydrogen) atoms. The Bertz CT molecular complexity index is 659. The number of ether oxygens (including phenoxy) is 3. The van der Waals surface area contributed by atoms with Gasteiger partial charge < -0.3 is 25.3 Å². The van der Waals surface area contributed by atoms with Crippen molar-refractivity contribution in [1.82, 2.24) is 5.32 Å². The minimum Gasteiger partial charge on any atom is -0.493 e. The number of allylic oxidation sites excluding steroid dienone is 1. The molecular formula is C18H24N2O5. The molecule has 1 aromatic carbocycles. The van der Waals surface area contributed by atoms with Crippen LogP contribution in [0.4, 0.5) is 0 Å². The van der Waals surface area contributed by atoms with Gasteiger partial charge in [0.2, 0.25) is 5.91 Å². The Morgan fingerprint density at radius 3 is 2.68 bits per heavy atom. The van der Waals surface area contributed by atoms with Crippen molar-refractivity contribution in [2.24, 2.45) is 5.73 Å². The van der Waals surface area contributed by atoms with Crippen LogP contribution >= 0.6 is 0 Å². The Morgan fingerprint density at radius 2 is 2.12 bits per heavy atom. The van der Waals surface area contributed by atoms with Gasteiger partial charge in [0.25, 0.3) is 5.91 Å². The molecule has 0 saturated carbocycles. The molecule has 1 aliphatic rings. The molecular weight excluding hydrogens is 324 g/mol. The summed E-state index contributed by atoms with van der Waals surface area (Å²) in [5, 5.41) is 2.82. The van der Waals surface area contributed by atoms with Crippen LogP contribution < -0.4 is 20.5 Å². The van der Waals surface area contributed by atoms with Crippen molar-refractivity contribution < 1.29 is 23.8 Å². The fourth-order valence-electron chi connectivity index (χ4n) is 2.86. The van der Waals surface area contributed by atoms with Crippen LogP contribution in [0.15, 0.2) is 24.8 Å². The van der Waals surface area contributed by atoms with Gasteiger partial charge in [-0.2, -0.15) is 0 Å². The molecule has 1 aromatic rings. The number of rotatable bonds is 8. The predicted octanol–water partition coefficient (Wildman–Crippen LogP) is 1.20. The molecule has 7 heteroatoms. The van der Waals surface area contributed by atoms with Crippen LogP contribution in [0, 0.1) is 0 Å². The second kappa shape index (κ2) is 8.53. The van der Waals surface area contributed by atoms with Gasteiger partial charge in [-0.3, -0.25) is 9.59 Å². The fourth-order valence-corrected chi connectivity index (χ4v) is 2.86. The summed E-state index contributed by atoms with van der Waals surface area (Å²) < 4.78 is 16.2. The average molecular weight is 348 g/mol. The zero-order chi connectivity index (χ0) is 18.4. The first-order valence-corrected chi connectivity index (χ1v) is 8.08. The quantitative estimate of drug-likeness (QED) is 0.688. The van der Waals surface area contributed by atoms with E-state index in [0.29, 0.717) is 42.9 Å². The number of benzene rings is 1. The summed E-state index contributed by atoms with van der Waals surface area (Å²) in [4.78, 5) is 23.6. The van der Waals surface area contributed by atoms with E-state index in [4.69, 9.17) is 19.9 Å². The van der Waals surface area contributed by atoms with E-state index in [2.05, 4.69) is 11.9 Å². The van der Waals surface area contributed by atoms with Crippen molar-refractivity contribution in [3.8, 4) is 11.5 Å². The van der Waals surface area contributed by atoms with Crippen molar-refractivity contribution in [1.29, 1.82) is 0 Å². The highest BCUT2D eigenvalue weighted by Crippen LogP contribution is 2.33. The van der Waals surface area contributed by atoms with E-state index in [0.717, 1.165) is 5.56 Å². The van der Waals surface area contributed by atoms with Crippen LogP contribution in [0.3, 0.4) is 0 Å². The van der Waals surface area contributed by atoms with Gasteiger partial charge in [0, 0.05) is 17.7 Å². The first-order valence-electron chi connectivity index (χ1n) is 8.08. The van der Waals surface area contributed by atoms with E-state index in [1.807, 2.05) is 0 Å². The van der Waals surface area contributed by atoms with Crippen molar-refractivity contribution in [3.05, 3.63) is 35.9 Å². The smallest absolute Gasteiger partial charge is 0.251 e. The summed E-state index contributed by atoms with van der Waals surface area (Å²) in [6.07, 6.45) is 2.76. The number of primary amides is 1. The van der Waals surface area contributed by atoms with E-state index in [1.54, 1.807) is 25.3 Å². The lowest BCUT2D eigenvalue weighted by Gasteiger charge is -2.16. The van der Waals surface area contributed by atoms with Gasteiger partial charge in [-0.1, -0.05) is 6.08 Å². The maximum atomic E-state index is 12.5. The number of methoxy groups -OCH3 is 2. The lowest BCUT2D eigenvalue weighted by Crippen LogP contribution is -2.34. The molecule has 2 amide bonds. The molecule has 0 unspecified atom stereocenters. The monoisotopic (exact) mass is 348 g/mol. The Balaban J connectivity index is 2.07. The van der Waals surface area contributed by atoms with E-state index >= 15 is 0 Å². The third kappa shape index (κ3) is 4.51. The maximum Gasteiger partial charge on any atom is 0.251 e. The molecule has 0 aromatic heterocycles. The number of carbonyl (C=O) groups is 2. The van der Waals surface area contributed by atoms with E-state index in [9.17, 15) is 9.59 Å². The molecule has 0 aliphatic carbocycles. The SMILES string of the molecule is C=CCc1cc(C(=O)NC[C@@H]2CC[C@H](C(N)=O)O2)cc(OC)c1OC. The molecule has 0 radical (unpaired) electrons. The molecule has 1 heterocycles. The van der Waals surface area contributed by atoms with Crippen molar-refractivity contribution >= 4 is 11.8 Å². The first-order chi connectivity index (χ1) is 12.0. The highest BCUT2D eigenvalue weighted by Gasteiger charge is 2.29. The zero-order valence-electron chi connectivity index (χ0n) is 14.5. The van der Waals surface area contributed by atoms with E-state index < -0.39 is 12.0 Å². The maximum absolute atomic E-state index is 12.5. The minimum absolute atomic E-state index is 0.214. The first kappa shape index (κ1) is 18.8. The number of carbonyl (C=O) groups excluding carboxylic acids is 2. The Kier molecular flexibility index (Phi) is 6.41. The summed E-state index contributed by atoms with van der Waals surface area (Å²) in [7, 11) is 3.07. The Hall–Kier alpha value is -2.54. The van der Waals surface area contributed by atoms with Crippen LogP contribution in [-0.2, 0) is 16.0 Å². The largest absolute Gasteiger partial charge is 0.493 e. The molecule has 1 aliphatic heterocycles. The number of hydrogen-bond acceptors (Lipinski definition) is 5. The minimum atomic E-state index is -0.567. The highest BCUT2D eigenvalue weighted by molar-refractivity contribution is 5.95. The molecule has 0 bridgehead atoms. The van der Waals surface area contributed by atoms with Crippen LogP contribution in [0.5, 0.6) is 11.5 Å². The summed E-state index contributed by atoms with van der Waals surface area (Å²) in [6, 6.07) is 3.38. The van der Waals surface area contributed by atoms with Gasteiger partial charge in [-0.25, -0.2) is 0 Å². The number of amides is 2. The van der Waals surface area contributed by atoms with Crippen LogP contribution in [0.2, 0.25) is 0 Å². The molecule has 7 nitrogen and oxygen atoms in total. The molecule has 0 spiro atoms. The van der Waals surface area contributed by atoms with Crippen molar-refractivity contribution in [2.45, 2.75) is 31.5 Å². The molecule has 1 fully saturated rings. The van der Waals surface area contributed by atoms with Crippen LogP contribution in [0.1, 0.15) is 28.8 Å². The molecule has 1 saturated heterocycles. The van der Waals surface area contributed by atoms with Gasteiger partial charge in [0.05, 0.1) is 20.3 Å². The third-order valence-corrected chi connectivity index (χ3v) is 4.10. The zero-order valence-corrected chi connectivity index (χ0v) is 14.5. The number of nitrogens with two attached hydrogens (primary N) is 1. The van der Waals surface area contributed by atoms with Crippen LogP contribution in [-0.4, -0.2) is 44.8 Å². The van der Waals surface area contributed by atoms with Gasteiger partial charge in [-0.05, 0) is 31.4 Å². The van der Waals surface area contributed by atoms with E-state index in [1.165, 1.54) is 7.11 Å². The van der Waals surface area contributed by atoms with Crippen molar-refractivity contribution in [3.63, 3.8) is 0 Å². The molecule has 136 valence electrons. The van der Waals surface area contributed by atoms with Crippen molar-refractivity contribution in [2.75, 3.05) is 20.8 Å². The lowest BCUT2D eigenvalue weighted by atomic mass is 10.0. The number of hydrogen-bond donors (Lipinski definition) is 2. The second-order valence-electron chi connectivity index (χ2n) is 5.80. The standard InChI is InChI=1S/C18H24N2O5/c1-4-5-11-8-12(9-15(23-2)16(11)24-3)18(22)20-10-13-6-7-14(25-13)17(19)21/h4,8-9,13-14H,1,5-7,10H2,2-3H3,(H2,19,21)(H,20,22)/t13-,14+/m0/s1. The predicted molar refractivity (Wildman–Crippen MR) is 92.9 cm³/mol. The molecule has 2 atom stereocenters. The third-order valence-electron chi connectivity index (χ3n) is 4.10. The lowest BCUT2D eigenvalue weighted by molar-refractivity contribution is -0.128. The average Bonchev–Trinajstić information content (AvgIpc) is 3.08. The molecule has 3 N–H and O–H groups in total. The topological polar surface area (TPSA) is 99.9 Å². The highest BCUT2D eigenvalue weighted by atomic mass is 16.5. The molecule has 2 rings (SSSR count). The summed E-state index contributed by atoms with van der Waals surface area (Å²) in [6.45, 7) is 4.03. The Morgan fingerprint density at radius 1 is 1.36 bits per heavy atom. The van der Waals surface area contributed by atoms with Gasteiger partial charge in [-0.15, -0.1) is 6.58 Å². The van der Waals surface area contributed by atoms with Gasteiger partial charge >= 0.3 is 0 Å². The summed E-state index contributed by atoms with van der Waals surface area (Å²) in [5.74, 6) is 0.348. The van der Waals surface area contributed by atoms with Gasteiger partial charge in [0.1, 0.15) is 6.10 Å². The van der Waals surface area contributed by atoms with Crippen LogP contribution in [0.25, 0.3) is 0 Å². The van der Waals surface area contributed by atoms with E-state index in [-0.39, 0.29) is 12.0 Å². The second-order valence-corrected chi connectivity index (χ2v) is 5.80.